The summed E-state index contributed by atoms with van der Waals surface area (Å²) in [6.07, 6.45) is 0.795. The highest BCUT2D eigenvalue weighted by Crippen LogP contribution is 2.16. The number of nitrogens with one attached hydrogen (secondary N) is 2. The second-order valence-electron chi connectivity index (χ2n) is 5.57. The van der Waals surface area contributed by atoms with E-state index in [0.29, 0.717) is 17.8 Å². The molecular formula is C18H22N2O4S. The van der Waals surface area contributed by atoms with Gasteiger partial charge in [0.05, 0.1) is 19.3 Å². The van der Waals surface area contributed by atoms with Crippen LogP contribution in [0, 0.1) is 0 Å². The number of hydrogen-bond acceptors (Lipinski definition) is 4. The van der Waals surface area contributed by atoms with Gasteiger partial charge in [-0.2, -0.15) is 0 Å². The van der Waals surface area contributed by atoms with E-state index < -0.39 is 10.0 Å². The van der Waals surface area contributed by atoms with E-state index in [0.717, 1.165) is 11.3 Å². The van der Waals surface area contributed by atoms with E-state index in [-0.39, 0.29) is 18.1 Å². The fourth-order valence-corrected chi connectivity index (χ4v) is 3.39. The molecule has 2 rings (SSSR count). The molecule has 0 aliphatic rings. The molecule has 0 unspecified atom stereocenters. The van der Waals surface area contributed by atoms with Gasteiger partial charge in [-0.1, -0.05) is 19.1 Å². The number of benzene rings is 2. The molecule has 0 aromatic heterocycles. The van der Waals surface area contributed by atoms with E-state index in [1.807, 2.05) is 12.1 Å². The number of rotatable bonds is 8. The third kappa shape index (κ3) is 6.11. The minimum absolute atomic E-state index is 0.0767. The molecule has 0 saturated heterocycles. The summed E-state index contributed by atoms with van der Waals surface area (Å²) in [7, 11) is -1.72. The molecule has 0 bridgehead atoms. The molecule has 6 nitrogen and oxygen atoms in total. The first-order valence-corrected chi connectivity index (χ1v) is 9.60. The molecule has 2 N–H and O–H groups in total. The van der Waals surface area contributed by atoms with Crippen LogP contribution >= 0.6 is 0 Å². The van der Waals surface area contributed by atoms with Crippen molar-refractivity contribution in [2.24, 2.45) is 0 Å². The molecule has 0 saturated carbocycles. The SMILES string of the molecule is CCCS(=O)(=O)Nc1ccc(NC(=O)Cc2ccc(OC)cc2)cc1. The van der Waals surface area contributed by atoms with Crippen molar-refractivity contribution < 1.29 is 17.9 Å². The Kier molecular flexibility index (Phi) is 6.41. The first-order chi connectivity index (χ1) is 11.9. The van der Waals surface area contributed by atoms with Crippen molar-refractivity contribution in [3.8, 4) is 5.75 Å². The van der Waals surface area contributed by atoms with Crippen LogP contribution in [0.25, 0.3) is 0 Å². The molecule has 2 aromatic carbocycles. The number of amides is 1. The number of anilines is 2. The lowest BCUT2D eigenvalue weighted by molar-refractivity contribution is -0.115. The molecule has 0 heterocycles. The summed E-state index contributed by atoms with van der Waals surface area (Å²) in [6, 6.07) is 13.9. The summed E-state index contributed by atoms with van der Waals surface area (Å²) >= 11 is 0. The average molecular weight is 362 g/mol. The van der Waals surface area contributed by atoms with E-state index in [4.69, 9.17) is 4.74 Å². The van der Waals surface area contributed by atoms with Crippen LogP contribution in [-0.4, -0.2) is 27.2 Å². The van der Waals surface area contributed by atoms with Gasteiger partial charge in [-0.3, -0.25) is 9.52 Å². The maximum atomic E-state index is 12.1. The third-order valence-electron chi connectivity index (χ3n) is 3.44. The molecule has 1 amide bonds. The number of hydrogen-bond donors (Lipinski definition) is 2. The molecule has 0 radical (unpaired) electrons. The van der Waals surface area contributed by atoms with Crippen molar-refractivity contribution in [2.45, 2.75) is 19.8 Å². The zero-order valence-electron chi connectivity index (χ0n) is 14.3. The standard InChI is InChI=1S/C18H22N2O4S/c1-3-12-25(22,23)20-16-8-6-15(7-9-16)19-18(21)13-14-4-10-17(24-2)11-5-14/h4-11,20H,3,12-13H2,1-2H3,(H,19,21). The average Bonchev–Trinajstić information content (AvgIpc) is 2.57. The van der Waals surface area contributed by atoms with E-state index >= 15 is 0 Å². The summed E-state index contributed by atoms with van der Waals surface area (Å²) < 4.78 is 31.0. The normalized spacial score (nSPS) is 11.0. The fourth-order valence-electron chi connectivity index (χ4n) is 2.25. The highest BCUT2D eigenvalue weighted by molar-refractivity contribution is 7.92. The van der Waals surface area contributed by atoms with E-state index in [2.05, 4.69) is 10.0 Å². The topological polar surface area (TPSA) is 84.5 Å². The maximum Gasteiger partial charge on any atom is 0.232 e. The Morgan fingerprint density at radius 3 is 2.16 bits per heavy atom. The predicted molar refractivity (Wildman–Crippen MR) is 99.5 cm³/mol. The van der Waals surface area contributed by atoms with E-state index in [9.17, 15) is 13.2 Å². The summed E-state index contributed by atoms with van der Waals surface area (Å²) in [5.41, 5.74) is 1.96. The minimum Gasteiger partial charge on any atom is -0.497 e. The number of sulfonamides is 1. The van der Waals surface area contributed by atoms with Crippen molar-refractivity contribution in [1.82, 2.24) is 0 Å². The molecule has 0 atom stereocenters. The maximum absolute atomic E-state index is 12.1. The molecule has 0 fully saturated rings. The van der Waals surface area contributed by atoms with Crippen LogP contribution in [-0.2, 0) is 21.2 Å². The van der Waals surface area contributed by atoms with Crippen LogP contribution in [0.15, 0.2) is 48.5 Å². The van der Waals surface area contributed by atoms with Gasteiger partial charge in [0.15, 0.2) is 0 Å². The van der Waals surface area contributed by atoms with Crippen molar-refractivity contribution in [2.75, 3.05) is 22.9 Å². The van der Waals surface area contributed by atoms with E-state index in [1.54, 1.807) is 50.4 Å². The van der Waals surface area contributed by atoms with E-state index in [1.165, 1.54) is 0 Å². The number of ether oxygens (including phenoxy) is 1. The number of carbonyl (C=O) groups excluding carboxylic acids is 1. The third-order valence-corrected chi connectivity index (χ3v) is 4.93. The molecule has 2 aromatic rings. The van der Waals surface area contributed by atoms with Crippen LogP contribution in [0.4, 0.5) is 11.4 Å². The van der Waals surface area contributed by atoms with Gasteiger partial charge in [0.25, 0.3) is 0 Å². The molecule has 25 heavy (non-hydrogen) atoms. The van der Waals surface area contributed by atoms with Crippen LogP contribution in [0.5, 0.6) is 5.75 Å². The zero-order valence-corrected chi connectivity index (χ0v) is 15.1. The summed E-state index contributed by atoms with van der Waals surface area (Å²) in [5, 5.41) is 2.79. The van der Waals surface area contributed by atoms with Gasteiger partial charge in [0.2, 0.25) is 15.9 Å². The Morgan fingerprint density at radius 2 is 1.60 bits per heavy atom. The molecule has 134 valence electrons. The Balaban J connectivity index is 1.92. The lowest BCUT2D eigenvalue weighted by atomic mass is 10.1. The lowest BCUT2D eigenvalue weighted by Gasteiger charge is -2.09. The Bertz CT molecular complexity index is 800. The van der Waals surface area contributed by atoms with Gasteiger partial charge >= 0.3 is 0 Å². The molecule has 0 aliphatic heterocycles. The van der Waals surface area contributed by atoms with Crippen molar-refractivity contribution in [3.63, 3.8) is 0 Å². The van der Waals surface area contributed by atoms with Gasteiger partial charge in [-0.15, -0.1) is 0 Å². The lowest BCUT2D eigenvalue weighted by Crippen LogP contribution is -2.16. The quantitative estimate of drug-likeness (QED) is 0.756. The second-order valence-corrected chi connectivity index (χ2v) is 7.41. The molecule has 0 aliphatic carbocycles. The number of carbonyl (C=O) groups is 1. The first kappa shape index (κ1) is 18.8. The van der Waals surface area contributed by atoms with Gasteiger partial charge in [-0.25, -0.2) is 8.42 Å². The Labute approximate surface area is 148 Å². The zero-order chi connectivity index (χ0) is 18.3. The largest absolute Gasteiger partial charge is 0.497 e. The molecule has 7 heteroatoms. The highest BCUT2D eigenvalue weighted by atomic mass is 32.2. The molecule has 0 spiro atoms. The van der Waals surface area contributed by atoms with Crippen LogP contribution in [0.1, 0.15) is 18.9 Å². The van der Waals surface area contributed by atoms with Gasteiger partial charge < -0.3 is 10.1 Å². The van der Waals surface area contributed by atoms with Crippen LogP contribution in [0.3, 0.4) is 0 Å². The van der Waals surface area contributed by atoms with Crippen LogP contribution < -0.4 is 14.8 Å². The fraction of sp³-hybridized carbons (Fsp3) is 0.278. The molecular weight excluding hydrogens is 340 g/mol. The van der Waals surface area contributed by atoms with Gasteiger partial charge in [-0.05, 0) is 48.4 Å². The summed E-state index contributed by atoms with van der Waals surface area (Å²) in [5.74, 6) is 0.669. The summed E-state index contributed by atoms with van der Waals surface area (Å²) in [6.45, 7) is 1.81. The highest BCUT2D eigenvalue weighted by Gasteiger charge is 2.09. The van der Waals surface area contributed by atoms with Crippen molar-refractivity contribution in [3.05, 3.63) is 54.1 Å². The van der Waals surface area contributed by atoms with Crippen molar-refractivity contribution >= 4 is 27.3 Å². The smallest absolute Gasteiger partial charge is 0.232 e. The minimum atomic E-state index is -3.31. The van der Waals surface area contributed by atoms with Gasteiger partial charge in [0.1, 0.15) is 5.75 Å². The monoisotopic (exact) mass is 362 g/mol. The predicted octanol–water partition coefficient (Wildman–Crippen LogP) is 3.03. The van der Waals surface area contributed by atoms with Gasteiger partial charge in [0, 0.05) is 11.4 Å². The van der Waals surface area contributed by atoms with Crippen molar-refractivity contribution in [1.29, 1.82) is 0 Å². The Morgan fingerprint density at radius 1 is 1.00 bits per heavy atom. The first-order valence-electron chi connectivity index (χ1n) is 7.95. The number of methoxy groups -OCH3 is 1. The summed E-state index contributed by atoms with van der Waals surface area (Å²) in [4.78, 5) is 12.1. The van der Waals surface area contributed by atoms with Crippen LogP contribution in [0.2, 0.25) is 0 Å². The Hall–Kier alpha value is -2.54. The second kappa shape index (κ2) is 8.53.